The standard InChI is InChI=1S/C15H12N4O3S/c1-18-6-2-3-12(18)9-16-17-15(20)14-8-10-7-11(19(21)22)4-5-13(10)23-14/h2-9H,1H3,(H,17,20). The maximum absolute atomic E-state index is 12.1. The second-order valence-electron chi connectivity index (χ2n) is 4.83. The summed E-state index contributed by atoms with van der Waals surface area (Å²) < 4.78 is 2.68. The third kappa shape index (κ3) is 3.11. The molecule has 0 aliphatic rings. The number of hydrazone groups is 1. The summed E-state index contributed by atoms with van der Waals surface area (Å²) in [6.07, 6.45) is 3.43. The zero-order valence-corrected chi connectivity index (χ0v) is 12.9. The third-order valence-electron chi connectivity index (χ3n) is 3.28. The fraction of sp³-hybridized carbons (Fsp3) is 0.0667. The summed E-state index contributed by atoms with van der Waals surface area (Å²) in [6.45, 7) is 0. The second kappa shape index (κ2) is 6.01. The first-order valence-electron chi connectivity index (χ1n) is 6.67. The highest BCUT2D eigenvalue weighted by molar-refractivity contribution is 7.20. The molecule has 2 heterocycles. The van der Waals surface area contributed by atoms with E-state index in [-0.39, 0.29) is 11.6 Å². The summed E-state index contributed by atoms with van der Waals surface area (Å²) in [7, 11) is 1.88. The average molecular weight is 328 g/mol. The molecule has 0 atom stereocenters. The summed E-state index contributed by atoms with van der Waals surface area (Å²) >= 11 is 1.26. The van der Waals surface area contributed by atoms with Gasteiger partial charge in [0, 0.05) is 35.5 Å². The Morgan fingerprint density at radius 2 is 2.22 bits per heavy atom. The zero-order valence-electron chi connectivity index (χ0n) is 12.1. The molecule has 0 fully saturated rings. The Balaban J connectivity index is 1.77. The normalized spacial score (nSPS) is 11.2. The number of nitro benzene ring substituents is 1. The fourth-order valence-electron chi connectivity index (χ4n) is 2.08. The molecule has 3 aromatic rings. The SMILES string of the molecule is Cn1cccc1C=NNC(=O)c1cc2cc([N+](=O)[O-])ccc2s1. The first-order valence-corrected chi connectivity index (χ1v) is 7.49. The number of carbonyl (C=O) groups excluding carboxylic acids is 1. The number of nitrogens with one attached hydrogen (secondary N) is 1. The maximum atomic E-state index is 12.1. The van der Waals surface area contributed by atoms with Crippen molar-refractivity contribution in [1.29, 1.82) is 0 Å². The van der Waals surface area contributed by atoms with Crippen LogP contribution in [0.25, 0.3) is 10.1 Å². The van der Waals surface area contributed by atoms with E-state index in [2.05, 4.69) is 10.5 Å². The lowest BCUT2D eigenvalue weighted by atomic mass is 10.2. The lowest BCUT2D eigenvalue weighted by Crippen LogP contribution is -2.16. The van der Waals surface area contributed by atoms with Crippen molar-refractivity contribution in [3.63, 3.8) is 0 Å². The van der Waals surface area contributed by atoms with Crippen LogP contribution in [-0.4, -0.2) is 21.6 Å². The maximum Gasteiger partial charge on any atom is 0.281 e. The molecular formula is C15H12N4O3S. The minimum Gasteiger partial charge on any atom is -0.350 e. The molecule has 7 nitrogen and oxygen atoms in total. The number of aromatic nitrogens is 1. The smallest absolute Gasteiger partial charge is 0.281 e. The Morgan fingerprint density at radius 1 is 1.39 bits per heavy atom. The van der Waals surface area contributed by atoms with Gasteiger partial charge in [-0.2, -0.15) is 5.10 Å². The minimum atomic E-state index is -0.457. The van der Waals surface area contributed by atoms with Crippen LogP contribution in [0.2, 0.25) is 0 Å². The van der Waals surface area contributed by atoms with Crippen LogP contribution in [0, 0.1) is 10.1 Å². The molecule has 0 bridgehead atoms. The van der Waals surface area contributed by atoms with Gasteiger partial charge in [-0.05, 0) is 24.3 Å². The van der Waals surface area contributed by atoms with Crippen LogP contribution in [-0.2, 0) is 7.05 Å². The summed E-state index contributed by atoms with van der Waals surface area (Å²) in [5.74, 6) is -0.348. The third-order valence-corrected chi connectivity index (χ3v) is 4.40. The number of nitro groups is 1. The number of carbonyl (C=O) groups is 1. The topological polar surface area (TPSA) is 89.5 Å². The Kier molecular flexibility index (Phi) is 3.90. The predicted molar refractivity (Wildman–Crippen MR) is 89.0 cm³/mol. The quantitative estimate of drug-likeness (QED) is 0.453. The van der Waals surface area contributed by atoms with E-state index in [0.717, 1.165) is 10.4 Å². The van der Waals surface area contributed by atoms with Crippen LogP contribution in [0.1, 0.15) is 15.4 Å². The molecule has 0 aliphatic heterocycles. The van der Waals surface area contributed by atoms with Crippen LogP contribution < -0.4 is 5.43 Å². The van der Waals surface area contributed by atoms with Crippen molar-refractivity contribution in [2.75, 3.05) is 0 Å². The molecule has 3 rings (SSSR count). The zero-order chi connectivity index (χ0) is 16.4. The van der Waals surface area contributed by atoms with Crippen molar-refractivity contribution >= 4 is 39.2 Å². The summed E-state index contributed by atoms with van der Waals surface area (Å²) in [6, 6.07) is 9.89. The number of thiophene rings is 1. The van der Waals surface area contributed by atoms with Gasteiger partial charge < -0.3 is 4.57 Å². The molecule has 0 unspecified atom stereocenters. The summed E-state index contributed by atoms with van der Waals surface area (Å²) in [5.41, 5.74) is 3.32. The Morgan fingerprint density at radius 3 is 2.91 bits per heavy atom. The van der Waals surface area contributed by atoms with E-state index in [4.69, 9.17) is 0 Å². The highest BCUT2D eigenvalue weighted by atomic mass is 32.1. The van der Waals surface area contributed by atoms with Gasteiger partial charge in [-0.25, -0.2) is 5.43 Å². The van der Waals surface area contributed by atoms with E-state index in [9.17, 15) is 14.9 Å². The van der Waals surface area contributed by atoms with Crippen molar-refractivity contribution in [2.45, 2.75) is 0 Å². The van der Waals surface area contributed by atoms with E-state index < -0.39 is 4.92 Å². The highest BCUT2D eigenvalue weighted by Crippen LogP contribution is 2.28. The van der Waals surface area contributed by atoms with Crippen LogP contribution in [0.5, 0.6) is 0 Å². The van der Waals surface area contributed by atoms with Crippen molar-refractivity contribution in [2.24, 2.45) is 12.1 Å². The molecule has 8 heteroatoms. The number of aryl methyl sites for hydroxylation is 1. The van der Waals surface area contributed by atoms with Gasteiger partial charge in [0.15, 0.2) is 0 Å². The Labute approximate surface area is 135 Å². The van der Waals surface area contributed by atoms with Crippen LogP contribution in [0.4, 0.5) is 5.69 Å². The average Bonchev–Trinajstić information content (AvgIpc) is 3.12. The lowest BCUT2D eigenvalue weighted by Gasteiger charge is -1.97. The number of hydrogen-bond donors (Lipinski definition) is 1. The first kappa shape index (κ1) is 14.9. The predicted octanol–water partition coefficient (Wildman–Crippen LogP) is 2.91. The van der Waals surface area contributed by atoms with E-state index in [1.807, 2.05) is 29.9 Å². The molecule has 1 N–H and O–H groups in total. The van der Waals surface area contributed by atoms with Gasteiger partial charge in [-0.1, -0.05) is 0 Å². The number of fused-ring (bicyclic) bond motifs is 1. The van der Waals surface area contributed by atoms with Gasteiger partial charge >= 0.3 is 0 Å². The molecule has 0 radical (unpaired) electrons. The van der Waals surface area contributed by atoms with E-state index in [1.165, 1.54) is 23.5 Å². The number of non-ortho nitro benzene ring substituents is 1. The lowest BCUT2D eigenvalue weighted by molar-refractivity contribution is -0.384. The summed E-state index contributed by atoms with van der Waals surface area (Å²) in [5, 5.41) is 15.4. The van der Waals surface area contributed by atoms with E-state index >= 15 is 0 Å². The second-order valence-corrected chi connectivity index (χ2v) is 5.92. The largest absolute Gasteiger partial charge is 0.350 e. The van der Waals surface area contributed by atoms with E-state index in [0.29, 0.717) is 10.3 Å². The van der Waals surface area contributed by atoms with Gasteiger partial charge in [-0.3, -0.25) is 14.9 Å². The monoisotopic (exact) mass is 328 g/mol. The molecule has 0 aliphatic carbocycles. The number of amides is 1. The molecule has 0 saturated heterocycles. The number of benzene rings is 1. The number of hydrogen-bond acceptors (Lipinski definition) is 5. The molecule has 0 saturated carbocycles. The molecule has 0 spiro atoms. The molecule has 23 heavy (non-hydrogen) atoms. The van der Waals surface area contributed by atoms with Gasteiger partial charge in [0.05, 0.1) is 21.7 Å². The van der Waals surface area contributed by atoms with Crippen LogP contribution in [0.15, 0.2) is 47.7 Å². The molecule has 1 aromatic carbocycles. The van der Waals surface area contributed by atoms with Crippen molar-refractivity contribution in [3.8, 4) is 0 Å². The first-order chi connectivity index (χ1) is 11.0. The van der Waals surface area contributed by atoms with Gasteiger partial charge in [0.25, 0.3) is 11.6 Å². The molecule has 116 valence electrons. The highest BCUT2D eigenvalue weighted by Gasteiger charge is 2.12. The van der Waals surface area contributed by atoms with Gasteiger partial charge in [0.2, 0.25) is 0 Å². The van der Waals surface area contributed by atoms with Crippen molar-refractivity contribution in [3.05, 3.63) is 63.3 Å². The minimum absolute atomic E-state index is 0.00369. The molecular weight excluding hydrogens is 316 g/mol. The summed E-state index contributed by atoms with van der Waals surface area (Å²) in [4.78, 5) is 22.9. The van der Waals surface area contributed by atoms with Crippen LogP contribution >= 0.6 is 11.3 Å². The van der Waals surface area contributed by atoms with Gasteiger partial charge in [0.1, 0.15) is 0 Å². The fourth-order valence-corrected chi connectivity index (χ4v) is 3.01. The van der Waals surface area contributed by atoms with Crippen LogP contribution in [0.3, 0.4) is 0 Å². The molecule has 2 aromatic heterocycles. The number of nitrogens with zero attached hydrogens (tertiary/aromatic N) is 3. The van der Waals surface area contributed by atoms with E-state index in [1.54, 1.807) is 18.3 Å². The Hall–Kier alpha value is -3.00. The molecule has 1 amide bonds. The number of rotatable bonds is 4. The Bertz CT molecular complexity index is 926. The van der Waals surface area contributed by atoms with Gasteiger partial charge in [-0.15, -0.1) is 11.3 Å². The van der Waals surface area contributed by atoms with Crippen molar-refractivity contribution < 1.29 is 9.72 Å². The van der Waals surface area contributed by atoms with Crippen molar-refractivity contribution in [1.82, 2.24) is 9.99 Å².